The van der Waals surface area contributed by atoms with Crippen molar-refractivity contribution < 1.29 is 8.83 Å². The topological polar surface area (TPSA) is 26.3 Å². The monoisotopic (exact) mass is 966 g/mol. The van der Waals surface area contributed by atoms with E-state index in [-0.39, 0.29) is 22.2 Å². The zero-order valence-electron chi connectivity index (χ0n) is 43.8. The van der Waals surface area contributed by atoms with Crippen LogP contribution < -0.4 is 0 Å². The summed E-state index contributed by atoms with van der Waals surface area (Å²) in [6.45, 7) is 16.7. The lowest BCUT2D eigenvalue weighted by Gasteiger charge is -2.26. The maximum atomic E-state index is 6.82. The second kappa shape index (κ2) is 15.7. The first-order chi connectivity index (χ1) is 36.4. The molecule has 12 aromatic rings. The highest BCUT2D eigenvalue weighted by molar-refractivity contribution is 6.19. The molecule has 0 fully saturated rings. The van der Waals surface area contributed by atoms with E-state index in [4.69, 9.17) is 8.83 Å². The third-order valence-electron chi connectivity index (χ3n) is 18.2. The zero-order valence-corrected chi connectivity index (χ0v) is 43.8. The lowest BCUT2D eigenvalue weighted by molar-refractivity contribution is 0.647. The van der Waals surface area contributed by atoms with Crippen LogP contribution in [0, 0.1) is 6.92 Å². The van der Waals surface area contributed by atoms with E-state index < -0.39 is 0 Å². The van der Waals surface area contributed by atoms with Crippen LogP contribution in [0.1, 0.15) is 110 Å². The van der Waals surface area contributed by atoms with E-state index in [1.54, 1.807) is 0 Å². The Morgan fingerprint density at radius 3 is 1.81 bits per heavy atom. The van der Waals surface area contributed by atoms with Crippen LogP contribution in [-0.2, 0) is 22.7 Å². The van der Waals surface area contributed by atoms with Gasteiger partial charge in [-0.05, 0) is 156 Å². The molecule has 362 valence electrons. The first-order valence-corrected chi connectivity index (χ1v) is 27.0. The minimum Gasteiger partial charge on any atom is -0.456 e. The van der Waals surface area contributed by atoms with E-state index in [1.165, 1.54) is 127 Å². The van der Waals surface area contributed by atoms with Crippen LogP contribution in [0.4, 0.5) is 0 Å². The Morgan fingerprint density at radius 2 is 1.00 bits per heavy atom. The van der Waals surface area contributed by atoms with Crippen LogP contribution in [0.25, 0.3) is 99.5 Å². The van der Waals surface area contributed by atoms with Gasteiger partial charge < -0.3 is 8.83 Å². The summed E-state index contributed by atoms with van der Waals surface area (Å²) >= 11 is 0. The number of hydrogen-bond acceptors (Lipinski definition) is 2. The molecule has 0 saturated heterocycles. The number of benzene rings is 10. The smallest absolute Gasteiger partial charge is 0.143 e. The van der Waals surface area contributed by atoms with E-state index in [0.29, 0.717) is 0 Å². The van der Waals surface area contributed by atoms with Crippen LogP contribution >= 0.6 is 0 Å². The van der Waals surface area contributed by atoms with Crippen molar-refractivity contribution in [2.24, 2.45) is 0 Å². The highest BCUT2D eigenvalue weighted by Gasteiger charge is 2.44. The second-order valence-corrected chi connectivity index (χ2v) is 23.5. The lowest BCUT2D eigenvalue weighted by Crippen LogP contribution is -2.17. The summed E-state index contributed by atoms with van der Waals surface area (Å²) in [7, 11) is 0. The average Bonchev–Trinajstić information content (AvgIpc) is 4.38. The van der Waals surface area contributed by atoms with Gasteiger partial charge in [-0.2, -0.15) is 0 Å². The molecule has 0 spiro atoms. The molecule has 10 aromatic carbocycles. The van der Waals surface area contributed by atoms with Gasteiger partial charge in [-0.3, -0.25) is 0 Å². The molecule has 2 heteroatoms. The van der Waals surface area contributed by atoms with Crippen molar-refractivity contribution in [2.75, 3.05) is 0 Å². The standard InChI is InChI=1S/C73H58O2/c1-42-18-17-21-45(36-42)54-39-62-66(69-53-25-14-16-27-64(53)75-70(54)69)51-32-29-43(37-58(51)73(62,6)7)28-31-48(49-23-12-11-22-47(49)44-19-9-8-10-20-44)46-30-33-50-55-40-61-56(41-60(55)72(4,5)59(50)38-46)67-57(71(61,2)3)34-35-65-68(67)52-24-13-15-26-63(52)74-65/h8-27,29-30,32-41,48H,28,31H2,1-7H3. The molecule has 0 N–H and O–H groups in total. The minimum absolute atomic E-state index is 0.150. The predicted octanol–water partition coefficient (Wildman–Crippen LogP) is 19.8. The Labute approximate surface area is 439 Å². The number of rotatable bonds is 7. The van der Waals surface area contributed by atoms with Crippen molar-refractivity contribution in [1.29, 1.82) is 0 Å². The Balaban J connectivity index is 0.838. The molecule has 3 aliphatic carbocycles. The number of aryl methyl sites for hydroxylation is 2. The largest absolute Gasteiger partial charge is 0.456 e. The van der Waals surface area contributed by atoms with Gasteiger partial charge in [0.15, 0.2) is 0 Å². The van der Waals surface area contributed by atoms with Gasteiger partial charge in [0.2, 0.25) is 0 Å². The van der Waals surface area contributed by atoms with Crippen LogP contribution in [0.15, 0.2) is 203 Å². The van der Waals surface area contributed by atoms with Gasteiger partial charge in [0.25, 0.3) is 0 Å². The molecule has 3 aliphatic rings. The average molecular weight is 967 g/mol. The fourth-order valence-electron chi connectivity index (χ4n) is 14.3. The zero-order chi connectivity index (χ0) is 50.7. The first kappa shape index (κ1) is 44.3. The summed E-state index contributed by atoms with van der Waals surface area (Å²) in [6.07, 6.45) is 1.90. The van der Waals surface area contributed by atoms with Crippen LogP contribution in [0.3, 0.4) is 0 Å². The van der Waals surface area contributed by atoms with Crippen molar-refractivity contribution in [2.45, 2.75) is 83.5 Å². The Bertz CT molecular complexity index is 4400. The van der Waals surface area contributed by atoms with Gasteiger partial charge in [0, 0.05) is 49.3 Å². The second-order valence-electron chi connectivity index (χ2n) is 23.5. The molecule has 0 saturated carbocycles. The molecule has 0 bridgehead atoms. The molecule has 2 nitrogen and oxygen atoms in total. The SMILES string of the molecule is Cc1cccc(-c2cc3c(c4c2oc2ccccc24)-c2ccc(CCC(c4ccc5c(c4)C(C)(C)c4cc6c(cc4-5)C(C)(C)c4ccc5oc7ccccc7c5c4-6)c4ccccc4-c4ccccc4)cc2C3(C)C)c1. The van der Waals surface area contributed by atoms with E-state index in [1.807, 2.05) is 0 Å². The highest BCUT2D eigenvalue weighted by atomic mass is 16.3. The summed E-state index contributed by atoms with van der Waals surface area (Å²) < 4.78 is 13.3. The van der Waals surface area contributed by atoms with Crippen molar-refractivity contribution in [3.8, 4) is 55.6 Å². The number of furan rings is 2. The molecule has 2 heterocycles. The maximum Gasteiger partial charge on any atom is 0.143 e. The fourth-order valence-corrected chi connectivity index (χ4v) is 14.3. The summed E-state index contributed by atoms with van der Waals surface area (Å²) in [4.78, 5) is 0. The Kier molecular flexibility index (Phi) is 9.25. The maximum absolute atomic E-state index is 6.82. The third-order valence-corrected chi connectivity index (χ3v) is 18.2. The highest BCUT2D eigenvalue weighted by Crippen LogP contribution is 2.59. The molecular formula is C73H58O2. The van der Waals surface area contributed by atoms with Gasteiger partial charge in [0.05, 0.1) is 0 Å². The third kappa shape index (κ3) is 6.26. The van der Waals surface area contributed by atoms with Crippen molar-refractivity contribution in [3.05, 3.63) is 250 Å². The molecule has 1 unspecified atom stereocenters. The fraction of sp³-hybridized carbons (Fsp3) is 0.178. The van der Waals surface area contributed by atoms with Crippen molar-refractivity contribution in [1.82, 2.24) is 0 Å². The molecular weight excluding hydrogens is 909 g/mol. The molecule has 2 aromatic heterocycles. The predicted molar refractivity (Wildman–Crippen MR) is 312 cm³/mol. The summed E-state index contributed by atoms with van der Waals surface area (Å²) in [5.74, 6) is 0.150. The molecule has 75 heavy (non-hydrogen) atoms. The summed E-state index contributed by atoms with van der Waals surface area (Å²) in [6, 6.07) is 73.0. The van der Waals surface area contributed by atoms with E-state index >= 15 is 0 Å². The quantitative estimate of drug-likeness (QED) is 0.159. The van der Waals surface area contributed by atoms with Crippen LogP contribution in [-0.4, -0.2) is 0 Å². The Morgan fingerprint density at radius 1 is 0.387 bits per heavy atom. The van der Waals surface area contributed by atoms with E-state index in [9.17, 15) is 0 Å². The van der Waals surface area contributed by atoms with E-state index in [2.05, 4.69) is 243 Å². The van der Waals surface area contributed by atoms with Gasteiger partial charge >= 0.3 is 0 Å². The Hall–Kier alpha value is -8.20. The van der Waals surface area contributed by atoms with Gasteiger partial charge in [-0.25, -0.2) is 0 Å². The van der Waals surface area contributed by atoms with Gasteiger partial charge in [-0.1, -0.05) is 205 Å². The number of hydrogen-bond donors (Lipinski definition) is 0. The summed E-state index contributed by atoms with van der Waals surface area (Å²) in [5.41, 5.74) is 29.8. The molecule has 0 radical (unpaired) electrons. The molecule has 15 rings (SSSR count). The molecule has 0 aliphatic heterocycles. The van der Waals surface area contributed by atoms with Gasteiger partial charge in [-0.15, -0.1) is 0 Å². The first-order valence-electron chi connectivity index (χ1n) is 27.0. The minimum atomic E-state index is -0.221. The summed E-state index contributed by atoms with van der Waals surface area (Å²) in [5, 5.41) is 4.82. The molecule has 1 atom stereocenters. The lowest BCUT2D eigenvalue weighted by atomic mass is 9.77. The van der Waals surface area contributed by atoms with Crippen molar-refractivity contribution >= 4 is 43.9 Å². The van der Waals surface area contributed by atoms with Crippen molar-refractivity contribution in [3.63, 3.8) is 0 Å². The normalized spacial score (nSPS) is 15.5. The molecule has 0 amide bonds. The van der Waals surface area contributed by atoms with E-state index in [0.717, 1.165) is 40.7 Å². The number of para-hydroxylation sites is 2. The van der Waals surface area contributed by atoms with Gasteiger partial charge in [0.1, 0.15) is 22.3 Å². The van der Waals surface area contributed by atoms with Crippen LogP contribution in [0.5, 0.6) is 0 Å². The number of fused-ring (bicyclic) bond motifs is 17. The van der Waals surface area contributed by atoms with Crippen LogP contribution in [0.2, 0.25) is 0 Å².